The summed E-state index contributed by atoms with van der Waals surface area (Å²) in [7, 11) is 0. The summed E-state index contributed by atoms with van der Waals surface area (Å²) >= 11 is 6.17. The molecule has 7 rings (SSSR count). The Kier molecular flexibility index (Phi) is 5.63. The van der Waals surface area contributed by atoms with Crippen molar-refractivity contribution in [3.63, 3.8) is 0 Å². The molecule has 2 aromatic carbocycles. The lowest BCUT2D eigenvalue weighted by molar-refractivity contribution is 0.114. The van der Waals surface area contributed by atoms with Crippen LogP contribution in [0.15, 0.2) is 60.1 Å². The highest BCUT2D eigenvalue weighted by molar-refractivity contribution is 6.31. The molecule has 0 spiro atoms. The molecule has 2 bridgehead atoms. The van der Waals surface area contributed by atoms with Crippen molar-refractivity contribution in [1.29, 1.82) is 5.26 Å². The highest BCUT2D eigenvalue weighted by Crippen LogP contribution is 2.43. The lowest BCUT2D eigenvalue weighted by atomic mass is 9.68. The largest absolute Gasteiger partial charge is 0.362 e. The summed E-state index contributed by atoms with van der Waals surface area (Å²) in [6, 6.07) is 14.5. The zero-order valence-corrected chi connectivity index (χ0v) is 19.8. The van der Waals surface area contributed by atoms with Gasteiger partial charge in [0.2, 0.25) is 0 Å². The maximum Gasteiger partial charge on any atom is 0.148 e. The van der Waals surface area contributed by atoms with Gasteiger partial charge in [-0.1, -0.05) is 54.8 Å². The molecular formula is C28H25ClF2N4. The summed E-state index contributed by atoms with van der Waals surface area (Å²) in [6.07, 6.45) is 6.72. The topological polar surface area (TPSA) is 63.6 Å². The van der Waals surface area contributed by atoms with E-state index in [1.165, 1.54) is 18.9 Å². The molecule has 0 amide bonds. The number of aromatic amines is 1. The molecule has 3 N–H and O–H groups in total. The monoisotopic (exact) mass is 490 g/mol. The maximum atomic E-state index is 16.2. The molecule has 35 heavy (non-hydrogen) atoms. The second kappa shape index (κ2) is 8.82. The first-order valence-electron chi connectivity index (χ1n) is 12.1. The number of hydrogen-bond acceptors (Lipinski definition) is 3. The molecule has 4 nitrogen and oxygen atoms in total. The zero-order chi connectivity index (χ0) is 24.1. The molecule has 4 aliphatic rings. The number of nitrogens with one attached hydrogen (secondary N) is 3. The summed E-state index contributed by atoms with van der Waals surface area (Å²) in [5, 5.41) is 17.8. The first-order valence-corrected chi connectivity index (χ1v) is 12.5. The van der Waals surface area contributed by atoms with Crippen molar-refractivity contribution >= 4 is 33.8 Å². The van der Waals surface area contributed by atoms with E-state index < -0.39 is 17.8 Å². The first-order chi connectivity index (χ1) is 17.0. The molecule has 3 aliphatic carbocycles. The number of nitriles is 1. The van der Waals surface area contributed by atoms with E-state index in [9.17, 15) is 9.65 Å². The van der Waals surface area contributed by atoms with Gasteiger partial charge < -0.3 is 10.3 Å². The molecule has 1 aromatic heterocycles. The van der Waals surface area contributed by atoms with Crippen LogP contribution in [-0.2, 0) is 0 Å². The molecule has 2 heterocycles. The van der Waals surface area contributed by atoms with Gasteiger partial charge in [-0.05, 0) is 48.8 Å². The minimum absolute atomic E-state index is 0.179. The molecule has 1 aliphatic heterocycles. The van der Waals surface area contributed by atoms with E-state index in [0.717, 1.165) is 19.3 Å². The minimum Gasteiger partial charge on any atom is -0.362 e. The predicted octanol–water partition coefficient (Wildman–Crippen LogP) is 6.67. The summed E-state index contributed by atoms with van der Waals surface area (Å²) in [5.41, 5.74) is 2.40. The minimum atomic E-state index is -0.796. The summed E-state index contributed by atoms with van der Waals surface area (Å²) in [5.74, 6) is 0.333. The standard InChI is InChI=1S/C28H25ClF2N4/c29-18-11-19-21(14-33-27(19)22(30)12-18)26-20(13-32)24(17-4-2-1-3-5-17)25(31)28(35-26)34-23-10-15-6-8-16(23)9-7-15/h1-5,11-12,14-16,23,28,33-35H,6-10H2. The first kappa shape index (κ1) is 22.3. The van der Waals surface area contributed by atoms with Crippen LogP contribution in [0.1, 0.15) is 43.2 Å². The number of fused-ring (bicyclic) bond motifs is 4. The number of allylic oxidation sites excluding steroid dienone is 2. The third-order valence-corrected chi connectivity index (χ3v) is 8.08. The fourth-order valence-corrected chi connectivity index (χ4v) is 6.36. The van der Waals surface area contributed by atoms with Crippen LogP contribution in [0.2, 0.25) is 5.02 Å². The third kappa shape index (κ3) is 3.84. The van der Waals surface area contributed by atoms with E-state index in [4.69, 9.17) is 11.6 Å². The Morgan fingerprint density at radius 1 is 1.06 bits per heavy atom. The summed E-state index contributed by atoms with van der Waals surface area (Å²) in [6.45, 7) is 0. The van der Waals surface area contributed by atoms with Crippen molar-refractivity contribution in [1.82, 2.24) is 15.6 Å². The van der Waals surface area contributed by atoms with Crippen LogP contribution >= 0.6 is 11.6 Å². The van der Waals surface area contributed by atoms with Crippen LogP contribution in [0.5, 0.6) is 0 Å². The number of H-pyrrole nitrogens is 1. The Hall–Kier alpha value is -3.14. The van der Waals surface area contributed by atoms with E-state index in [-0.39, 0.29) is 22.2 Å². The molecule has 3 saturated carbocycles. The number of hydrogen-bond donors (Lipinski definition) is 3. The molecular weight excluding hydrogens is 466 g/mol. The van der Waals surface area contributed by atoms with E-state index in [1.54, 1.807) is 24.4 Å². The van der Waals surface area contributed by atoms with Crippen molar-refractivity contribution < 1.29 is 8.78 Å². The highest BCUT2D eigenvalue weighted by Gasteiger charge is 2.39. The molecule has 178 valence electrons. The number of benzene rings is 2. The fourth-order valence-electron chi connectivity index (χ4n) is 6.15. The molecule has 3 fully saturated rings. The Morgan fingerprint density at radius 3 is 2.51 bits per heavy atom. The summed E-state index contributed by atoms with van der Waals surface area (Å²) in [4.78, 5) is 2.96. The number of aromatic nitrogens is 1. The van der Waals surface area contributed by atoms with Crippen molar-refractivity contribution in [3.05, 3.63) is 82.0 Å². The van der Waals surface area contributed by atoms with Gasteiger partial charge in [-0.15, -0.1) is 0 Å². The SMILES string of the molecule is N#CC1=C(c2c[nH]c3c(F)cc(Cl)cc23)NC(NC2CC3CCC2CC3)C(F)=C1c1ccccc1. The number of halogens is 3. The van der Waals surface area contributed by atoms with Crippen molar-refractivity contribution in [2.24, 2.45) is 11.8 Å². The average Bonchev–Trinajstić information content (AvgIpc) is 3.30. The second-order valence-corrected chi connectivity index (χ2v) is 10.3. The number of nitrogens with zero attached hydrogens (tertiary/aromatic N) is 1. The second-order valence-electron chi connectivity index (χ2n) is 9.83. The lowest BCUT2D eigenvalue weighted by Gasteiger charge is -2.44. The molecule has 3 aromatic rings. The normalized spacial score (nSPS) is 26.2. The molecule has 0 radical (unpaired) electrons. The Bertz CT molecular complexity index is 1390. The van der Waals surface area contributed by atoms with Crippen molar-refractivity contribution in [2.45, 2.75) is 44.3 Å². The molecule has 2 atom stereocenters. The van der Waals surface area contributed by atoms with Crippen LogP contribution in [0.4, 0.5) is 8.78 Å². The van der Waals surface area contributed by atoms with Gasteiger partial charge in [0.25, 0.3) is 0 Å². The highest BCUT2D eigenvalue weighted by atomic mass is 35.5. The molecule has 2 unspecified atom stereocenters. The number of dihydropyridines is 1. The van der Waals surface area contributed by atoms with E-state index in [0.29, 0.717) is 39.6 Å². The van der Waals surface area contributed by atoms with Gasteiger partial charge in [0.05, 0.1) is 16.8 Å². The van der Waals surface area contributed by atoms with Gasteiger partial charge in [-0.25, -0.2) is 8.78 Å². The number of rotatable bonds is 4. The Balaban J connectivity index is 1.49. The zero-order valence-electron chi connectivity index (χ0n) is 19.0. The van der Waals surface area contributed by atoms with Gasteiger partial charge in [0, 0.05) is 33.8 Å². The Labute approximate surface area is 207 Å². The van der Waals surface area contributed by atoms with Gasteiger partial charge in [0.1, 0.15) is 23.9 Å². The van der Waals surface area contributed by atoms with Gasteiger partial charge in [-0.2, -0.15) is 5.26 Å². The summed E-state index contributed by atoms with van der Waals surface area (Å²) < 4.78 is 30.8. The fraction of sp³-hybridized carbons (Fsp3) is 0.321. The Morgan fingerprint density at radius 2 is 1.83 bits per heavy atom. The van der Waals surface area contributed by atoms with E-state index >= 15 is 4.39 Å². The third-order valence-electron chi connectivity index (χ3n) is 7.86. The predicted molar refractivity (Wildman–Crippen MR) is 134 cm³/mol. The van der Waals surface area contributed by atoms with Crippen LogP contribution in [0.3, 0.4) is 0 Å². The quantitative estimate of drug-likeness (QED) is 0.382. The lowest BCUT2D eigenvalue weighted by Crippen LogP contribution is -2.54. The smallest absolute Gasteiger partial charge is 0.148 e. The van der Waals surface area contributed by atoms with Crippen LogP contribution in [0, 0.1) is 29.0 Å². The van der Waals surface area contributed by atoms with E-state index in [2.05, 4.69) is 21.7 Å². The van der Waals surface area contributed by atoms with Gasteiger partial charge >= 0.3 is 0 Å². The van der Waals surface area contributed by atoms with Crippen molar-refractivity contribution in [2.75, 3.05) is 0 Å². The van der Waals surface area contributed by atoms with Crippen LogP contribution in [-0.4, -0.2) is 17.2 Å². The van der Waals surface area contributed by atoms with E-state index in [1.807, 2.05) is 18.2 Å². The van der Waals surface area contributed by atoms with Gasteiger partial charge in [0.15, 0.2) is 0 Å². The van der Waals surface area contributed by atoms with Crippen molar-refractivity contribution in [3.8, 4) is 6.07 Å². The molecule has 7 heteroatoms. The molecule has 0 saturated heterocycles. The maximum absolute atomic E-state index is 16.2. The average molecular weight is 491 g/mol. The van der Waals surface area contributed by atoms with Gasteiger partial charge in [-0.3, -0.25) is 5.32 Å². The van der Waals surface area contributed by atoms with Crippen LogP contribution < -0.4 is 10.6 Å². The van der Waals surface area contributed by atoms with Crippen LogP contribution in [0.25, 0.3) is 22.2 Å².